The van der Waals surface area contributed by atoms with Gasteiger partial charge in [-0.15, -0.1) is 6.58 Å². The van der Waals surface area contributed by atoms with Gasteiger partial charge in [0.05, 0.1) is 12.0 Å². The Morgan fingerprint density at radius 1 is 0.949 bits per heavy atom. The van der Waals surface area contributed by atoms with E-state index >= 15 is 0 Å². The van der Waals surface area contributed by atoms with Crippen LogP contribution in [0.3, 0.4) is 0 Å². The van der Waals surface area contributed by atoms with E-state index in [1.54, 1.807) is 0 Å². The van der Waals surface area contributed by atoms with E-state index in [4.69, 9.17) is 4.74 Å². The molecule has 4 unspecified atom stereocenters. The van der Waals surface area contributed by atoms with Crippen molar-refractivity contribution in [2.45, 2.75) is 97.2 Å². The highest BCUT2D eigenvalue weighted by atomic mass is 16.6. The highest BCUT2D eigenvalue weighted by molar-refractivity contribution is 5.79. The fourth-order valence-corrected chi connectivity index (χ4v) is 6.47. The molecule has 4 rings (SSSR count). The van der Waals surface area contributed by atoms with Crippen molar-refractivity contribution in [1.29, 1.82) is 0 Å². The molecular formula is C34H47NO4. The molecule has 2 fully saturated rings. The van der Waals surface area contributed by atoms with Crippen molar-refractivity contribution >= 4 is 11.9 Å². The molecule has 0 aromatic rings. The lowest BCUT2D eigenvalue weighted by molar-refractivity contribution is -0.160. The fourth-order valence-electron chi connectivity index (χ4n) is 6.47. The normalized spacial score (nSPS) is 31.3. The molecule has 1 saturated carbocycles. The van der Waals surface area contributed by atoms with E-state index in [-0.39, 0.29) is 17.8 Å². The van der Waals surface area contributed by atoms with Crippen molar-refractivity contribution in [3.8, 4) is 0 Å². The highest BCUT2D eigenvalue weighted by Gasteiger charge is 2.33. The Morgan fingerprint density at radius 3 is 2.31 bits per heavy atom. The van der Waals surface area contributed by atoms with Crippen LogP contribution < -0.4 is 0 Å². The van der Waals surface area contributed by atoms with Gasteiger partial charge in [-0.3, -0.25) is 9.59 Å². The molecule has 5 heteroatoms. The lowest BCUT2D eigenvalue weighted by Crippen LogP contribution is -2.36. The summed E-state index contributed by atoms with van der Waals surface area (Å²) in [6, 6.07) is 0. The van der Waals surface area contributed by atoms with Crippen LogP contribution in [0, 0.1) is 17.8 Å². The van der Waals surface area contributed by atoms with Gasteiger partial charge in [-0.05, 0) is 108 Å². The number of hydrogen-bond donors (Lipinski definition) is 1. The zero-order chi connectivity index (χ0) is 28.2. The van der Waals surface area contributed by atoms with Crippen LogP contribution in [0.5, 0.6) is 0 Å². The maximum Gasteiger partial charge on any atom is 0.310 e. The zero-order valence-electron chi connectivity index (χ0n) is 24.4. The van der Waals surface area contributed by atoms with E-state index in [0.717, 1.165) is 67.5 Å². The summed E-state index contributed by atoms with van der Waals surface area (Å²) in [6.07, 6.45) is 19.7. The quantitative estimate of drug-likeness (QED) is 0.313. The standard InChI is InChI=1S/C34H47NO4/c1-6-23-12-25(19-29(17-23)32(37)35-10-8-9-11-35)14-27-16-28(22-31(36)21-27)15-26-13-24(7-2)18-30(20-26)33(38)39-34(3,4)5/h6-7,13-16,23,29-31,36H,1,8-12,17-22H2,2-5H3. The largest absolute Gasteiger partial charge is 0.460 e. The molecule has 0 radical (unpaired) electrons. The molecule has 39 heavy (non-hydrogen) atoms. The number of amides is 1. The highest BCUT2D eigenvalue weighted by Crippen LogP contribution is 2.38. The Hall–Kier alpha value is -2.66. The van der Waals surface area contributed by atoms with Gasteiger partial charge in [-0.2, -0.15) is 0 Å². The monoisotopic (exact) mass is 533 g/mol. The maximum atomic E-state index is 13.2. The fraction of sp³-hybridized carbons (Fsp3) is 0.588. The number of aliphatic hydroxyl groups excluding tert-OH is 1. The summed E-state index contributed by atoms with van der Waals surface area (Å²) in [5.74, 6) is 0.276. The van der Waals surface area contributed by atoms with E-state index in [9.17, 15) is 14.7 Å². The van der Waals surface area contributed by atoms with Crippen LogP contribution in [-0.4, -0.2) is 46.7 Å². The molecule has 1 aliphatic heterocycles. The number of hydrogen-bond acceptors (Lipinski definition) is 4. The summed E-state index contributed by atoms with van der Waals surface area (Å²) < 4.78 is 5.70. The minimum absolute atomic E-state index is 0.0201. The van der Waals surface area contributed by atoms with E-state index < -0.39 is 11.7 Å². The maximum absolute atomic E-state index is 13.2. The smallest absolute Gasteiger partial charge is 0.310 e. The summed E-state index contributed by atoms with van der Waals surface area (Å²) >= 11 is 0. The van der Waals surface area contributed by atoms with Crippen molar-refractivity contribution in [3.05, 3.63) is 70.9 Å². The zero-order valence-corrected chi connectivity index (χ0v) is 24.4. The van der Waals surface area contributed by atoms with Crippen molar-refractivity contribution in [1.82, 2.24) is 4.90 Å². The Labute approximate surface area is 235 Å². The first-order chi connectivity index (χ1) is 18.5. The summed E-state index contributed by atoms with van der Waals surface area (Å²) in [5, 5.41) is 10.8. The molecule has 0 bridgehead atoms. The molecule has 4 aliphatic rings. The van der Waals surface area contributed by atoms with Crippen molar-refractivity contribution in [3.63, 3.8) is 0 Å². The SMILES string of the molecule is C=CC1CC(=CC2=CC(=CC3=CC(=CC)CC(C(=O)OC(C)(C)C)C3)CC(O)C2)CC(C(=O)N2CCCC2)C1. The molecule has 1 heterocycles. The first-order valence-corrected chi connectivity index (χ1v) is 14.8. The Bertz CT molecular complexity index is 1110. The van der Waals surface area contributed by atoms with Crippen LogP contribution in [0.4, 0.5) is 0 Å². The number of carbonyl (C=O) groups excluding carboxylic acids is 2. The van der Waals surface area contributed by atoms with Crippen molar-refractivity contribution < 1.29 is 19.4 Å². The third-order valence-corrected chi connectivity index (χ3v) is 8.24. The molecule has 0 aromatic heterocycles. The lowest BCUT2D eigenvalue weighted by atomic mass is 9.76. The lowest BCUT2D eigenvalue weighted by Gasteiger charge is -2.32. The number of nitrogens with zero attached hydrogens (tertiary/aromatic N) is 1. The molecule has 0 spiro atoms. The predicted molar refractivity (Wildman–Crippen MR) is 157 cm³/mol. The first kappa shape index (κ1) is 29.3. The average molecular weight is 534 g/mol. The van der Waals surface area contributed by atoms with Crippen molar-refractivity contribution in [2.75, 3.05) is 13.1 Å². The molecular weight excluding hydrogens is 486 g/mol. The van der Waals surface area contributed by atoms with Crippen LogP contribution >= 0.6 is 0 Å². The number of carbonyl (C=O) groups is 2. The molecule has 3 aliphatic carbocycles. The Morgan fingerprint density at radius 2 is 1.64 bits per heavy atom. The molecule has 1 N–H and O–H groups in total. The second-order valence-electron chi connectivity index (χ2n) is 12.9. The summed E-state index contributed by atoms with van der Waals surface area (Å²) in [7, 11) is 0. The van der Waals surface area contributed by atoms with Gasteiger partial charge in [0.2, 0.25) is 5.91 Å². The second-order valence-corrected chi connectivity index (χ2v) is 12.9. The van der Waals surface area contributed by atoms with Gasteiger partial charge < -0.3 is 14.7 Å². The molecule has 0 aromatic carbocycles. The summed E-state index contributed by atoms with van der Waals surface area (Å²) in [5.41, 5.74) is 5.19. The third-order valence-electron chi connectivity index (χ3n) is 8.24. The Balaban J connectivity index is 1.53. The van der Waals surface area contributed by atoms with Gasteiger partial charge in [-0.1, -0.05) is 47.6 Å². The number of allylic oxidation sites excluding steroid dienone is 9. The first-order valence-electron chi connectivity index (χ1n) is 14.8. The van der Waals surface area contributed by atoms with Crippen LogP contribution in [-0.2, 0) is 14.3 Å². The van der Waals surface area contributed by atoms with Crippen LogP contribution in [0.1, 0.15) is 85.5 Å². The van der Waals surface area contributed by atoms with Gasteiger partial charge in [0.15, 0.2) is 0 Å². The van der Waals surface area contributed by atoms with E-state index in [1.807, 2.05) is 38.7 Å². The van der Waals surface area contributed by atoms with Gasteiger partial charge in [0.25, 0.3) is 0 Å². The van der Waals surface area contributed by atoms with E-state index in [0.29, 0.717) is 37.5 Å². The minimum atomic E-state index is -0.507. The minimum Gasteiger partial charge on any atom is -0.460 e. The molecule has 1 saturated heterocycles. The molecule has 4 atom stereocenters. The van der Waals surface area contributed by atoms with Crippen LogP contribution in [0.25, 0.3) is 0 Å². The summed E-state index contributed by atoms with van der Waals surface area (Å²) in [4.78, 5) is 28.1. The van der Waals surface area contributed by atoms with Gasteiger partial charge in [0, 0.05) is 19.0 Å². The van der Waals surface area contributed by atoms with E-state index in [1.165, 1.54) is 5.57 Å². The van der Waals surface area contributed by atoms with Crippen LogP contribution in [0.2, 0.25) is 0 Å². The van der Waals surface area contributed by atoms with Gasteiger partial charge in [0.1, 0.15) is 5.60 Å². The van der Waals surface area contributed by atoms with Gasteiger partial charge in [-0.25, -0.2) is 0 Å². The molecule has 1 amide bonds. The topological polar surface area (TPSA) is 66.8 Å². The predicted octanol–water partition coefficient (Wildman–Crippen LogP) is 6.77. The van der Waals surface area contributed by atoms with Gasteiger partial charge >= 0.3 is 5.97 Å². The number of aliphatic hydroxyl groups is 1. The molecule has 5 nitrogen and oxygen atoms in total. The number of esters is 1. The second kappa shape index (κ2) is 12.7. The third kappa shape index (κ3) is 8.17. The average Bonchev–Trinajstić information content (AvgIpc) is 3.41. The Kier molecular flexibility index (Phi) is 9.53. The number of ether oxygens (including phenoxy) is 1. The number of rotatable bonds is 5. The van der Waals surface area contributed by atoms with Crippen molar-refractivity contribution in [2.24, 2.45) is 17.8 Å². The summed E-state index contributed by atoms with van der Waals surface area (Å²) in [6.45, 7) is 13.5. The molecule has 212 valence electrons. The van der Waals surface area contributed by atoms with Crippen LogP contribution in [0.15, 0.2) is 70.9 Å². The number of likely N-dealkylation sites (tertiary alicyclic amines) is 1. The van der Waals surface area contributed by atoms with E-state index in [2.05, 4.69) is 37.0 Å².